The molecule has 2 rings (SSSR count). The van der Waals surface area contributed by atoms with Gasteiger partial charge in [-0.1, -0.05) is 25.1 Å². The summed E-state index contributed by atoms with van der Waals surface area (Å²) in [5.74, 6) is 0.221. The molecule has 4 nitrogen and oxygen atoms in total. The maximum absolute atomic E-state index is 13.8. The highest BCUT2D eigenvalue weighted by Crippen LogP contribution is 2.24. The minimum atomic E-state index is -2.89. The lowest BCUT2D eigenvalue weighted by molar-refractivity contribution is 0.213. The van der Waals surface area contributed by atoms with Crippen molar-refractivity contribution in [3.63, 3.8) is 0 Å². The third kappa shape index (κ3) is 4.02. The smallest absolute Gasteiger partial charge is 0.151 e. The molecule has 1 aromatic rings. The molecule has 0 radical (unpaired) electrons. The van der Waals surface area contributed by atoms with E-state index >= 15 is 0 Å². The lowest BCUT2D eigenvalue weighted by atomic mass is 9.94. The molecule has 1 saturated heterocycles. The molecule has 21 heavy (non-hydrogen) atoms. The molecular formula is C15H23FN2O2S. The number of hydrogen-bond donors (Lipinski definition) is 1. The van der Waals surface area contributed by atoms with Crippen LogP contribution in [0.2, 0.25) is 0 Å². The number of sulfone groups is 1. The number of benzene rings is 1. The number of halogens is 1. The zero-order valence-corrected chi connectivity index (χ0v) is 13.3. The predicted octanol–water partition coefficient (Wildman–Crippen LogP) is 1.58. The van der Waals surface area contributed by atoms with Crippen LogP contribution in [0.4, 0.5) is 4.39 Å². The van der Waals surface area contributed by atoms with Gasteiger partial charge in [0.25, 0.3) is 0 Å². The van der Waals surface area contributed by atoms with Crippen LogP contribution >= 0.6 is 0 Å². The van der Waals surface area contributed by atoms with Crippen molar-refractivity contribution in [1.82, 2.24) is 4.90 Å². The Kier molecular flexibility index (Phi) is 5.01. The summed E-state index contributed by atoms with van der Waals surface area (Å²) >= 11 is 0. The fourth-order valence-electron chi connectivity index (χ4n) is 2.89. The van der Waals surface area contributed by atoms with Crippen LogP contribution < -0.4 is 5.73 Å². The molecule has 3 unspecified atom stereocenters. The van der Waals surface area contributed by atoms with E-state index in [4.69, 9.17) is 5.73 Å². The molecule has 3 atom stereocenters. The molecule has 0 amide bonds. The number of nitrogens with two attached hydrogens (primary N) is 1. The second-order valence-electron chi connectivity index (χ2n) is 6.02. The average molecular weight is 314 g/mol. The van der Waals surface area contributed by atoms with Crippen LogP contribution in [-0.2, 0) is 9.84 Å². The van der Waals surface area contributed by atoms with Gasteiger partial charge in [0.05, 0.1) is 11.5 Å². The van der Waals surface area contributed by atoms with Gasteiger partial charge in [-0.3, -0.25) is 0 Å². The van der Waals surface area contributed by atoms with Gasteiger partial charge in [0.2, 0.25) is 0 Å². The Bertz CT molecular complexity index is 591. The normalized spacial score (nSPS) is 24.1. The van der Waals surface area contributed by atoms with Gasteiger partial charge in [-0.2, -0.15) is 0 Å². The Hall–Kier alpha value is -0.980. The molecule has 118 valence electrons. The van der Waals surface area contributed by atoms with Gasteiger partial charge in [-0.05, 0) is 25.5 Å². The SMILES string of the molecule is CC(CN(C)C1CCS(=O)(=O)C1)C(N)c1ccccc1F. The van der Waals surface area contributed by atoms with E-state index in [1.54, 1.807) is 18.2 Å². The van der Waals surface area contributed by atoms with Crippen molar-refractivity contribution < 1.29 is 12.8 Å². The first-order valence-electron chi connectivity index (χ1n) is 7.21. The summed E-state index contributed by atoms with van der Waals surface area (Å²) < 4.78 is 36.8. The van der Waals surface area contributed by atoms with E-state index in [1.807, 2.05) is 18.9 Å². The van der Waals surface area contributed by atoms with Crippen molar-refractivity contribution >= 4 is 9.84 Å². The summed E-state index contributed by atoms with van der Waals surface area (Å²) in [6.45, 7) is 2.62. The fraction of sp³-hybridized carbons (Fsp3) is 0.600. The summed E-state index contributed by atoms with van der Waals surface area (Å²) in [7, 11) is -0.976. The standard InChI is InChI=1S/C15H23FN2O2S/c1-11(15(17)13-5-3-4-6-14(13)16)9-18(2)12-7-8-21(19,20)10-12/h3-6,11-12,15H,7-10,17H2,1-2H3. The first kappa shape index (κ1) is 16.4. The van der Waals surface area contributed by atoms with Crippen molar-refractivity contribution in [3.05, 3.63) is 35.6 Å². The maximum atomic E-state index is 13.8. The molecule has 1 aliphatic heterocycles. The van der Waals surface area contributed by atoms with Crippen molar-refractivity contribution in [1.29, 1.82) is 0 Å². The van der Waals surface area contributed by atoms with Gasteiger partial charge in [-0.25, -0.2) is 12.8 Å². The molecule has 0 saturated carbocycles. The number of hydrogen-bond acceptors (Lipinski definition) is 4. The second kappa shape index (κ2) is 6.42. The van der Waals surface area contributed by atoms with Gasteiger partial charge in [0.15, 0.2) is 9.84 Å². The van der Waals surface area contributed by atoms with Crippen molar-refractivity contribution in [3.8, 4) is 0 Å². The average Bonchev–Trinajstić information content (AvgIpc) is 2.79. The molecule has 1 fully saturated rings. The van der Waals surface area contributed by atoms with Crippen LogP contribution in [0.25, 0.3) is 0 Å². The van der Waals surface area contributed by atoms with Crippen LogP contribution in [0.1, 0.15) is 24.9 Å². The molecule has 6 heteroatoms. The third-order valence-electron chi connectivity index (χ3n) is 4.29. The van der Waals surface area contributed by atoms with Crippen LogP contribution in [0.5, 0.6) is 0 Å². The largest absolute Gasteiger partial charge is 0.324 e. The van der Waals surface area contributed by atoms with Crippen molar-refractivity contribution in [2.75, 3.05) is 25.1 Å². The van der Waals surface area contributed by atoms with E-state index in [1.165, 1.54) is 6.07 Å². The summed E-state index contributed by atoms with van der Waals surface area (Å²) in [6.07, 6.45) is 0.667. The van der Waals surface area contributed by atoms with Crippen molar-refractivity contribution in [2.24, 2.45) is 11.7 Å². The lowest BCUT2D eigenvalue weighted by Crippen LogP contribution is -2.38. The molecule has 0 aliphatic carbocycles. The van der Waals surface area contributed by atoms with E-state index in [2.05, 4.69) is 0 Å². The maximum Gasteiger partial charge on any atom is 0.151 e. The first-order chi connectivity index (χ1) is 9.80. The van der Waals surface area contributed by atoms with Crippen LogP contribution in [0.3, 0.4) is 0 Å². The molecule has 0 bridgehead atoms. The summed E-state index contributed by atoms with van der Waals surface area (Å²) in [6, 6.07) is 6.19. The summed E-state index contributed by atoms with van der Waals surface area (Å²) in [5.41, 5.74) is 6.67. The van der Waals surface area contributed by atoms with Crippen LogP contribution in [0, 0.1) is 11.7 Å². The molecule has 1 heterocycles. The molecule has 1 aromatic carbocycles. The van der Waals surface area contributed by atoms with E-state index in [-0.39, 0.29) is 29.3 Å². The van der Waals surface area contributed by atoms with E-state index in [0.717, 1.165) is 0 Å². The number of nitrogens with zero attached hydrogens (tertiary/aromatic N) is 1. The van der Waals surface area contributed by atoms with E-state index in [0.29, 0.717) is 18.5 Å². The van der Waals surface area contributed by atoms with Gasteiger partial charge in [0.1, 0.15) is 5.82 Å². The highest BCUT2D eigenvalue weighted by Gasteiger charge is 2.31. The van der Waals surface area contributed by atoms with Crippen LogP contribution in [-0.4, -0.2) is 44.5 Å². The Morgan fingerprint density at radius 3 is 2.67 bits per heavy atom. The van der Waals surface area contributed by atoms with Crippen molar-refractivity contribution in [2.45, 2.75) is 25.4 Å². The van der Waals surface area contributed by atoms with E-state index in [9.17, 15) is 12.8 Å². The lowest BCUT2D eigenvalue weighted by Gasteiger charge is -2.29. The second-order valence-corrected chi connectivity index (χ2v) is 8.25. The van der Waals surface area contributed by atoms with Crippen LogP contribution in [0.15, 0.2) is 24.3 Å². The molecule has 0 aromatic heterocycles. The van der Waals surface area contributed by atoms with Gasteiger partial charge in [0, 0.05) is 24.2 Å². The Labute approximate surface area is 126 Å². The third-order valence-corrected chi connectivity index (χ3v) is 6.04. The Morgan fingerprint density at radius 2 is 2.10 bits per heavy atom. The highest BCUT2D eigenvalue weighted by atomic mass is 32.2. The Balaban J connectivity index is 1.98. The molecule has 2 N–H and O–H groups in total. The number of rotatable bonds is 5. The predicted molar refractivity (Wildman–Crippen MR) is 82.2 cm³/mol. The quantitative estimate of drug-likeness (QED) is 0.896. The van der Waals surface area contributed by atoms with Gasteiger partial charge < -0.3 is 10.6 Å². The molecule has 0 spiro atoms. The monoisotopic (exact) mass is 314 g/mol. The van der Waals surface area contributed by atoms with Gasteiger partial charge >= 0.3 is 0 Å². The minimum Gasteiger partial charge on any atom is -0.324 e. The summed E-state index contributed by atoms with van der Waals surface area (Å²) in [5, 5.41) is 0. The molecular weight excluding hydrogens is 291 g/mol. The topological polar surface area (TPSA) is 63.4 Å². The van der Waals surface area contributed by atoms with E-state index < -0.39 is 15.9 Å². The minimum absolute atomic E-state index is 0.0372. The Morgan fingerprint density at radius 1 is 1.43 bits per heavy atom. The molecule has 1 aliphatic rings. The van der Waals surface area contributed by atoms with Gasteiger partial charge in [-0.15, -0.1) is 0 Å². The first-order valence-corrected chi connectivity index (χ1v) is 9.03. The fourth-order valence-corrected chi connectivity index (χ4v) is 4.70. The zero-order valence-electron chi connectivity index (χ0n) is 12.5. The zero-order chi connectivity index (χ0) is 15.6. The summed E-state index contributed by atoms with van der Waals surface area (Å²) in [4.78, 5) is 2.04. The highest BCUT2D eigenvalue weighted by molar-refractivity contribution is 7.91.